The maximum atomic E-state index is 13.5. The molecule has 0 spiro atoms. The topological polar surface area (TPSA) is 103 Å². The zero-order chi connectivity index (χ0) is 24.9. The Labute approximate surface area is 202 Å². The standard InChI is InChI=1S/C25H33N3O5S/c1-18-14-28(19(2)17-29)34(31,32)25-8-7-21(6-5-20(3)30)13-23(25)33-24(18)16-27(4)15-22-9-11-26-12-10-22/h7-13,18-20,24,29-30H,14-17H2,1-4H3/t18-,19-,20+,24+/m1/s1. The van der Waals surface area contributed by atoms with Gasteiger partial charge < -0.3 is 14.9 Å². The molecule has 2 N–H and O–H groups in total. The number of aliphatic hydroxyl groups is 2. The van der Waals surface area contributed by atoms with Crippen LogP contribution in [0, 0.1) is 17.8 Å². The molecule has 1 aliphatic rings. The first kappa shape index (κ1) is 26.1. The molecule has 0 amide bonds. The second kappa shape index (κ2) is 11.3. The van der Waals surface area contributed by atoms with Crippen LogP contribution in [0.15, 0.2) is 47.6 Å². The number of rotatable bonds is 6. The van der Waals surface area contributed by atoms with Gasteiger partial charge in [0, 0.05) is 49.6 Å². The molecule has 8 nitrogen and oxygen atoms in total. The number of hydrogen-bond donors (Lipinski definition) is 2. The zero-order valence-electron chi connectivity index (χ0n) is 20.0. The van der Waals surface area contributed by atoms with Crippen molar-refractivity contribution >= 4 is 10.0 Å². The number of aliphatic hydroxyl groups excluding tert-OH is 2. The van der Waals surface area contributed by atoms with E-state index in [0.717, 1.165) is 5.56 Å². The van der Waals surface area contributed by atoms with Crippen LogP contribution in [0.2, 0.25) is 0 Å². The van der Waals surface area contributed by atoms with Crippen LogP contribution in [0.25, 0.3) is 0 Å². The Morgan fingerprint density at radius 1 is 1.26 bits per heavy atom. The summed E-state index contributed by atoms with van der Waals surface area (Å²) in [6.45, 7) is 6.41. The summed E-state index contributed by atoms with van der Waals surface area (Å²) < 4.78 is 34.7. The summed E-state index contributed by atoms with van der Waals surface area (Å²) in [6, 6.07) is 8.03. The highest BCUT2D eigenvalue weighted by atomic mass is 32.2. The van der Waals surface area contributed by atoms with Gasteiger partial charge in [0.25, 0.3) is 0 Å². The number of fused-ring (bicyclic) bond motifs is 1. The van der Waals surface area contributed by atoms with Crippen LogP contribution in [-0.4, -0.2) is 77.8 Å². The molecule has 2 heterocycles. The molecule has 9 heteroatoms. The lowest BCUT2D eigenvalue weighted by Gasteiger charge is -2.37. The van der Waals surface area contributed by atoms with Gasteiger partial charge in [-0.2, -0.15) is 4.31 Å². The van der Waals surface area contributed by atoms with Gasteiger partial charge in [-0.3, -0.25) is 9.88 Å². The van der Waals surface area contributed by atoms with E-state index < -0.39 is 22.2 Å². The number of benzene rings is 1. The lowest BCUT2D eigenvalue weighted by molar-refractivity contribution is 0.0733. The summed E-state index contributed by atoms with van der Waals surface area (Å²) in [6.07, 6.45) is 2.39. The lowest BCUT2D eigenvalue weighted by Crippen LogP contribution is -2.49. The number of likely N-dealkylation sites (N-methyl/N-ethyl adjacent to an activating group) is 1. The smallest absolute Gasteiger partial charge is 0.247 e. The minimum Gasteiger partial charge on any atom is -0.487 e. The van der Waals surface area contributed by atoms with Crippen molar-refractivity contribution in [2.24, 2.45) is 5.92 Å². The molecule has 1 aromatic heterocycles. The Morgan fingerprint density at radius 3 is 2.62 bits per heavy atom. The van der Waals surface area contributed by atoms with Crippen molar-refractivity contribution in [1.29, 1.82) is 0 Å². The third-order valence-electron chi connectivity index (χ3n) is 5.79. The molecule has 3 rings (SSSR count). The van der Waals surface area contributed by atoms with Crippen LogP contribution in [0.3, 0.4) is 0 Å². The van der Waals surface area contributed by atoms with Crippen LogP contribution in [0.1, 0.15) is 31.9 Å². The molecule has 4 atom stereocenters. The normalized spacial score (nSPS) is 21.9. The van der Waals surface area contributed by atoms with Crippen molar-refractivity contribution in [2.75, 3.05) is 26.7 Å². The molecule has 0 aliphatic carbocycles. The van der Waals surface area contributed by atoms with E-state index in [2.05, 4.69) is 21.7 Å². The Bertz CT molecular complexity index is 1130. The van der Waals surface area contributed by atoms with Crippen LogP contribution in [-0.2, 0) is 16.6 Å². The lowest BCUT2D eigenvalue weighted by atomic mass is 10.0. The zero-order valence-corrected chi connectivity index (χ0v) is 20.9. The Hall–Kier alpha value is -2.48. The first-order valence-corrected chi connectivity index (χ1v) is 12.8. The van der Waals surface area contributed by atoms with Gasteiger partial charge in [0.05, 0.1) is 6.61 Å². The predicted octanol–water partition coefficient (Wildman–Crippen LogP) is 1.71. The molecule has 0 radical (unpaired) electrons. The third-order valence-corrected chi connectivity index (χ3v) is 7.81. The highest BCUT2D eigenvalue weighted by molar-refractivity contribution is 7.89. The van der Waals surface area contributed by atoms with E-state index in [1.165, 1.54) is 10.4 Å². The Kier molecular flexibility index (Phi) is 8.68. The summed E-state index contributed by atoms with van der Waals surface area (Å²) in [4.78, 5) is 6.23. The van der Waals surface area contributed by atoms with Gasteiger partial charge in [0.15, 0.2) is 0 Å². The molecule has 0 saturated heterocycles. The number of ether oxygens (including phenoxy) is 1. The summed E-state index contributed by atoms with van der Waals surface area (Å²) in [7, 11) is -1.91. The Morgan fingerprint density at radius 2 is 1.97 bits per heavy atom. The molecule has 1 aromatic carbocycles. The molecule has 0 bridgehead atoms. The summed E-state index contributed by atoms with van der Waals surface area (Å²) >= 11 is 0. The van der Waals surface area contributed by atoms with E-state index in [0.29, 0.717) is 18.7 Å². The van der Waals surface area contributed by atoms with Gasteiger partial charge in [-0.15, -0.1) is 0 Å². The van der Waals surface area contributed by atoms with Crippen LogP contribution >= 0.6 is 0 Å². The van der Waals surface area contributed by atoms with Gasteiger partial charge in [0.1, 0.15) is 22.9 Å². The summed E-state index contributed by atoms with van der Waals surface area (Å²) in [5.41, 5.74) is 1.67. The van der Waals surface area contributed by atoms with E-state index in [-0.39, 0.29) is 35.8 Å². The molecule has 34 heavy (non-hydrogen) atoms. The number of nitrogens with zero attached hydrogens (tertiary/aromatic N) is 3. The van der Waals surface area contributed by atoms with E-state index in [1.54, 1.807) is 38.4 Å². The van der Waals surface area contributed by atoms with Crippen molar-refractivity contribution < 1.29 is 23.4 Å². The monoisotopic (exact) mass is 487 g/mol. The van der Waals surface area contributed by atoms with Crippen molar-refractivity contribution in [3.05, 3.63) is 53.9 Å². The van der Waals surface area contributed by atoms with Crippen LogP contribution in [0.5, 0.6) is 5.75 Å². The second-order valence-corrected chi connectivity index (χ2v) is 10.8. The Balaban J connectivity index is 1.99. The minimum atomic E-state index is -3.91. The van der Waals surface area contributed by atoms with Crippen molar-refractivity contribution in [1.82, 2.24) is 14.2 Å². The fourth-order valence-electron chi connectivity index (χ4n) is 3.88. The largest absolute Gasteiger partial charge is 0.487 e. The summed E-state index contributed by atoms with van der Waals surface area (Å²) in [5, 5.41) is 19.3. The molecule has 0 unspecified atom stereocenters. The van der Waals surface area contributed by atoms with Gasteiger partial charge in [-0.1, -0.05) is 18.8 Å². The molecule has 184 valence electrons. The van der Waals surface area contributed by atoms with Crippen LogP contribution in [0.4, 0.5) is 0 Å². The highest BCUT2D eigenvalue weighted by Crippen LogP contribution is 2.34. The maximum absolute atomic E-state index is 13.5. The van der Waals surface area contributed by atoms with E-state index in [1.807, 2.05) is 26.1 Å². The fraction of sp³-hybridized carbons (Fsp3) is 0.480. The molecule has 2 aromatic rings. The van der Waals surface area contributed by atoms with Gasteiger partial charge in [0.2, 0.25) is 10.0 Å². The van der Waals surface area contributed by atoms with Crippen molar-refractivity contribution in [3.8, 4) is 17.6 Å². The second-order valence-electron chi connectivity index (χ2n) is 8.90. The molecule has 1 aliphatic heterocycles. The SMILES string of the molecule is C[C@H](O)C#Cc1ccc2c(c1)O[C@@H](CN(C)Cc1ccncc1)[C@H](C)CN([C@H](C)CO)S2(=O)=O. The minimum absolute atomic E-state index is 0.0454. The first-order chi connectivity index (χ1) is 16.1. The molecule has 0 saturated carbocycles. The molecular weight excluding hydrogens is 454 g/mol. The van der Waals surface area contributed by atoms with E-state index in [9.17, 15) is 18.6 Å². The van der Waals surface area contributed by atoms with Crippen molar-refractivity contribution in [2.45, 2.75) is 50.5 Å². The van der Waals surface area contributed by atoms with Crippen LogP contribution < -0.4 is 4.74 Å². The average molecular weight is 488 g/mol. The van der Waals surface area contributed by atoms with Gasteiger partial charge in [-0.25, -0.2) is 8.42 Å². The van der Waals surface area contributed by atoms with E-state index in [4.69, 9.17) is 4.74 Å². The maximum Gasteiger partial charge on any atom is 0.247 e. The van der Waals surface area contributed by atoms with Crippen molar-refractivity contribution in [3.63, 3.8) is 0 Å². The summed E-state index contributed by atoms with van der Waals surface area (Å²) in [5.74, 6) is 5.61. The number of pyridine rings is 1. The van der Waals surface area contributed by atoms with Gasteiger partial charge >= 0.3 is 0 Å². The quantitative estimate of drug-likeness (QED) is 0.598. The number of aromatic nitrogens is 1. The first-order valence-electron chi connectivity index (χ1n) is 11.3. The number of sulfonamides is 1. The van der Waals surface area contributed by atoms with Gasteiger partial charge in [-0.05, 0) is 56.8 Å². The molecular formula is C25H33N3O5S. The average Bonchev–Trinajstić information content (AvgIpc) is 2.80. The highest BCUT2D eigenvalue weighted by Gasteiger charge is 2.38. The van der Waals surface area contributed by atoms with E-state index >= 15 is 0 Å². The number of hydrogen-bond acceptors (Lipinski definition) is 7. The third kappa shape index (κ3) is 6.34. The predicted molar refractivity (Wildman–Crippen MR) is 130 cm³/mol. The molecule has 0 fully saturated rings. The fourth-order valence-corrected chi connectivity index (χ4v) is 5.71.